The summed E-state index contributed by atoms with van der Waals surface area (Å²) in [7, 11) is 0. The van der Waals surface area contributed by atoms with Gasteiger partial charge in [-0.25, -0.2) is 9.37 Å². The number of carbonyl (C=O) groups excluding carboxylic acids is 1. The molecule has 1 unspecified atom stereocenters. The number of halogens is 1. The van der Waals surface area contributed by atoms with Crippen LogP contribution >= 0.6 is 0 Å². The highest BCUT2D eigenvalue weighted by Gasteiger charge is 2.32. The van der Waals surface area contributed by atoms with Crippen molar-refractivity contribution in [3.8, 4) is 11.3 Å². The number of benzene rings is 2. The Morgan fingerprint density at radius 3 is 2.63 bits per heavy atom. The number of rotatable bonds is 4. The third-order valence-corrected chi connectivity index (χ3v) is 4.58. The molecule has 2 heterocycles. The number of aryl methyl sites for hydroxylation is 1. The first kappa shape index (κ1) is 21.2. The van der Waals surface area contributed by atoms with Crippen LogP contribution in [0.15, 0.2) is 64.3 Å². The third kappa shape index (κ3) is 4.90. The second-order valence-electron chi connectivity index (χ2n) is 6.96. The van der Waals surface area contributed by atoms with Crippen LogP contribution < -0.4 is 11.1 Å². The minimum Gasteiger partial charge on any atom is -0.443 e. The van der Waals surface area contributed by atoms with Crippen LogP contribution in [-0.2, 0) is 15.1 Å². The summed E-state index contributed by atoms with van der Waals surface area (Å²) < 4.78 is 24.4. The molecule has 3 N–H and O–H groups in total. The summed E-state index contributed by atoms with van der Waals surface area (Å²) in [5, 5.41) is 2.47. The predicted octanol–water partition coefficient (Wildman–Crippen LogP) is 3.65. The summed E-state index contributed by atoms with van der Waals surface area (Å²) >= 11 is 0. The van der Waals surface area contributed by atoms with Crippen LogP contribution in [0.25, 0.3) is 11.3 Å². The number of nitrogens with one attached hydrogen (secondary N) is 1. The molecular weight excluding hydrogens is 387 g/mol. The van der Waals surface area contributed by atoms with E-state index in [2.05, 4.69) is 15.3 Å². The molecule has 0 spiro atoms. The lowest BCUT2D eigenvalue weighted by Crippen LogP contribution is -2.38. The molecule has 2 aromatic carbocycles. The number of carbonyl (C=O) groups is 1. The first-order chi connectivity index (χ1) is 14.4. The fourth-order valence-electron chi connectivity index (χ4n) is 3.14. The summed E-state index contributed by atoms with van der Waals surface area (Å²) in [6, 6.07) is 14.3. The molecular formula is C22H23FN4O3. The molecule has 0 saturated carbocycles. The highest BCUT2D eigenvalue weighted by molar-refractivity contribution is 5.82. The number of ether oxygens (including phenoxy) is 1. The van der Waals surface area contributed by atoms with Crippen molar-refractivity contribution in [2.75, 3.05) is 18.5 Å². The summed E-state index contributed by atoms with van der Waals surface area (Å²) in [4.78, 5) is 18.7. The fraction of sp³-hybridized carbons (Fsp3) is 0.227. The van der Waals surface area contributed by atoms with E-state index in [9.17, 15) is 9.18 Å². The standard InChI is InChI=1S/C12H14FN3O2.C10H9NO/c1-12(6-18-5-11(14)16-12)9-4-8(15-7-17)2-3-10(9)13;1-8-10(12-7-11-8)9-5-3-2-4-6-9/h2-4,7H,5-6H2,1H3,(H2,14,16)(H,15,17);2-7H,1H3. The van der Waals surface area contributed by atoms with E-state index in [0.29, 0.717) is 23.5 Å². The smallest absolute Gasteiger partial charge is 0.211 e. The molecule has 4 rings (SSSR count). The minimum absolute atomic E-state index is 0.245. The Hall–Kier alpha value is -3.52. The molecule has 8 heteroatoms. The molecule has 30 heavy (non-hydrogen) atoms. The van der Waals surface area contributed by atoms with Gasteiger partial charge < -0.3 is 20.2 Å². The summed E-state index contributed by atoms with van der Waals surface area (Å²) in [6.07, 6.45) is 2.01. The molecule has 1 aliphatic heterocycles. The number of hydrogen-bond acceptors (Lipinski definition) is 6. The van der Waals surface area contributed by atoms with E-state index in [0.717, 1.165) is 17.0 Å². The third-order valence-electron chi connectivity index (χ3n) is 4.58. The summed E-state index contributed by atoms with van der Waals surface area (Å²) in [5.74, 6) is 0.781. The maximum atomic E-state index is 13.9. The highest BCUT2D eigenvalue weighted by Crippen LogP contribution is 2.32. The van der Waals surface area contributed by atoms with Gasteiger partial charge in [0, 0.05) is 16.8 Å². The first-order valence-corrected chi connectivity index (χ1v) is 9.30. The van der Waals surface area contributed by atoms with E-state index < -0.39 is 11.4 Å². The van der Waals surface area contributed by atoms with E-state index in [1.807, 2.05) is 37.3 Å². The molecule has 1 atom stereocenters. The van der Waals surface area contributed by atoms with Crippen LogP contribution in [0.1, 0.15) is 18.2 Å². The average Bonchev–Trinajstić information content (AvgIpc) is 3.16. The van der Waals surface area contributed by atoms with E-state index >= 15 is 0 Å². The molecule has 1 aliphatic rings. The van der Waals surface area contributed by atoms with Crippen molar-refractivity contribution in [2.24, 2.45) is 10.7 Å². The second-order valence-corrected chi connectivity index (χ2v) is 6.96. The van der Waals surface area contributed by atoms with Gasteiger partial charge in [-0.3, -0.25) is 9.79 Å². The Morgan fingerprint density at radius 1 is 1.23 bits per heavy atom. The Labute approximate surface area is 173 Å². The average molecular weight is 410 g/mol. The maximum absolute atomic E-state index is 13.9. The zero-order chi connectivity index (χ0) is 21.6. The van der Waals surface area contributed by atoms with Crippen molar-refractivity contribution in [1.29, 1.82) is 0 Å². The highest BCUT2D eigenvalue weighted by atomic mass is 19.1. The van der Waals surface area contributed by atoms with Gasteiger partial charge in [-0.15, -0.1) is 0 Å². The van der Waals surface area contributed by atoms with Gasteiger partial charge in [-0.1, -0.05) is 30.3 Å². The quantitative estimate of drug-likeness (QED) is 0.639. The van der Waals surface area contributed by atoms with Crippen LogP contribution in [0.4, 0.5) is 10.1 Å². The van der Waals surface area contributed by atoms with E-state index in [-0.39, 0.29) is 13.2 Å². The van der Waals surface area contributed by atoms with Crippen molar-refractivity contribution in [3.63, 3.8) is 0 Å². The van der Waals surface area contributed by atoms with Gasteiger partial charge in [-0.2, -0.15) is 0 Å². The number of hydrogen-bond donors (Lipinski definition) is 2. The monoisotopic (exact) mass is 410 g/mol. The Morgan fingerprint density at radius 2 is 2.00 bits per heavy atom. The van der Waals surface area contributed by atoms with Crippen LogP contribution in [0.3, 0.4) is 0 Å². The summed E-state index contributed by atoms with van der Waals surface area (Å²) in [5.41, 5.74) is 7.61. The van der Waals surface area contributed by atoms with Gasteiger partial charge in [0.2, 0.25) is 6.41 Å². The van der Waals surface area contributed by atoms with Gasteiger partial charge in [0.1, 0.15) is 23.8 Å². The van der Waals surface area contributed by atoms with Crippen LogP contribution in [0, 0.1) is 12.7 Å². The first-order valence-electron chi connectivity index (χ1n) is 9.30. The number of anilines is 1. The minimum atomic E-state index is -0.868. The Kier molecular flexibility index (Phi) is 6.58. The lowest BCUT2D eigenvalue weighted by Gasteiger charge is -2.30. The predicted molar refractivity (Wildman–Crippen MR) is 113 cm³/mol. The molecule has 1 amide bonds. The summed E-state index contributed by atoms with van der Waals surface area (Å²) in [6.45, 7) is 4.17. The lowest BCUT2D eigenvalue weighted by atomic mass is 9.92. The van der Waals surface area contributed by atoms with Gasteiger partial charge in [0.25, 0.3) is 0 Å². The molecule has 1 aromatic heterocycles. The molecule has 0 radical (unpaired) electrons. The number of oxazole rings is 1. The number of nitrogens with zero attached hydrogens (tertiary/aromatic N) is 2. The zero-order valence-electron chi connectivity index (χ0n) is 16.8. The van der Waals surface area contributed by atoms with Crippen molar-refractivity contribution < 1.29 is 18.3 Å². The van der Waals surface area contributed by atoms with E-state index in [1.54, 1.807) is 6.92 Å². The van der Waals surface area contributed by atoms with E-state index in [1.165, 1.54) is 24.6 Å². The number of aromatic nitrogens is 1. The normalized spacial score (nSPS) is 18.0. The second kappa shape index (κ2) is 9.32. The molecule has 156 valence electrons. The zero-order valence-corrected chi connectivity index (χ0v) is 16.8. The lowest BCUT2D eigenvalue weighted by molar-refractivity contribution is -0.105. The van der Waals surface area contributed by atoms with E-state index in [4.69, 9.17) is 14.9 Å². The molecule has 0 aliphatic carbocycles. The van der Waals surface area contributed by atoms with Crippen LogP contribution in [0.5, 0.6) is 0 Å². The Bertz CT molecular complexity index is 1040. The maximum Gasteiger partial charge on any atom is 0.211 e. The van der Waals surface area contributed by atoms with Crippen LogP contribution in [-0.4, -0.2) is 30.4 Å². The van der Waals surface area contributed by atoms with Crippen molar-refractivity contribution in [1.82, 2.24) is 4.98 Å². The Balaban J connectivity index is 0.000000184. The molecule has 0 fully saturated rings. The van der Waals surface area contributed by atoms with Crippen molar-refractivity contribution in [2.45, 2.75) is 19.4 Å². The van der Waals surface area contributed by atoms with Gasteiger partial charge in [0.15, 0.2) is 12.2 Å². The number of aliphatic imine (C=N–C) groups is 1. The van der Waals surface area contributed by atoms with Crippen LogP contribution in [0.2, 0.25) is 0 Å². The molecule has 3 aromatic rings. The molecule has 7 nitrogen and oxygen atoms in total. The van der Waals surface area contributed by atoms with Gasteiger partial charge in [-0.05, 0) is 32.0 Å². The molecule has 0 bridgehead atoms. The topological polar surface area (TPSA) is 103 Å². The SMILES string of the molecule is CC1(c2cc(NC=O)ccc2F)COCC(N)=N1.Cc1ncoc1-c1ccccc1. The van der Waals surface area contributed by atoms with Gasteiger partial charge in [0.05, 0.1) is 12.3 Å². The number of amidine groups is 1. The van der Waals surface area contributed by atoms with Gasteiger partial charge >= 0.3 is 0 Å². The largest absolute Gasteiger partial charge is 0.443 e. The number of nitrogens with two attached hydrogens (primary N) is 1. The van der Waals surface area contributed by atoms with Crippen molar-refractivity contribution >= 4 is 17.9 Å². The van der Waals surface area contributed by atoms with Crippen molar-refractivity contribution in [3.05, 3.63) is 72.0 Å². The molecule has 0 saturated heterocycles. The fourth-order valence-corrected chi connectivity index (χ4v) is 3.14. The number of amides is 1.